The molecule has 2 N–H and O–H groups in total. The van der Waals surface area contributed by atoms with E-state index in [1.807, 2.05) is 0 Å². The van der Waals surface area contributed by atoms with E-state index in [9.17, 15) is 14.5 Å². The zero-order valence-electron chi connectivity index (χ0n) is 8.44. The molecule has 0 amide bonds. The van der Waals surface area contributed by atoms with Crippen LogP contribution in [0.2, 0.25) is 0 Å². The first kappa shape index (κ1) is 12.9. The lowest BCUT2D eigenvalue weighted by Gasteiger charge is -2.12. The van der Waals surface area contributed by atoms with Crippen LogP contribution in [-0.2, 0) is 0 Å². The Morgan fingerprint density at radius 1 is 1.69 bits per heavy atom. The number of hydrogen-bond donors (Lipinski definition) is 1. The van der Waals surface area contributed by atoms with Gasteiger partial charge < -0.3 is 10.5 Å². The van der Waals surface area contributed by atoms with Crippen LogP contribution in [0.3, 0.4) is 0 Å². The predicted octanol–water partition coefficient (Wildman–Crippen LogP) is 2.22. The quantitative estimate of drug-likeness (QED) is 0.682. The molecule has 0 spiro atoms. The van der Waals surface area contributed by atoms with Crippen LogP contribution in [0, 0.1) is 15.9 Å². The summed E-state index contributed by atoms with van der Waals surface area (Å²) in [6.45, 7) is 1.83. The minimum atomic E-state index is -0.636. The molecule has 1 atom stereocenters. The van der Waals surface area contributed by atoms with Crippen molar-refractivity contribution in [1.82, 2.24) is 0 Å². The molecule has 5 nitrogen and oxygen atoms in total. The summed E-state index contributed by atoms with van der Waals surface area (Å²) in [5.41, 5.74) is 5.02. The first-order chi connectivity index (χ1) is 7.45. The second kappa shape index (κ2) is 5.22. The molecule has 0 aliphatic heterocycles. The normalized spacial score (nSPS) is 12.2. The number of hydrogen-bond acceptors (Lipinski definition) is 4. The van der Waals surface area contributed by atoms with Gasteiger partial charge in [0.1, 0.15) is 11.9 Å². The number of nitro benzene ring substituents is 1. The molecule has 0 saturated heterocycles. The van der Waals surface area contributed by atoms with E-state index in [4.69, 9.17) is 10.5 Å². The van der Waals surface area contributed by atoms with E-state index < -0.39 is 16.8 Å². The summed E-state index contributed by atoms with van der Waals surface area (Å²) in [5.74, 6) is -0.742. The number of nitrogens with two attached hydrogens (primary N) is 1. The molecule has 0 radical (unpaired) electrons. The molecule has 16 heavy (non-hydrogen) atoms. The highest BCUT2D eigenvalue weighted by Gasteiger charge is 2.20. The molecule has 1 aromatic rings. The van der Waals surface area contributed by atoms with Crippen LogP contribution in [0.1, 0.15) is 6.92 Å². The summed E-state index contributed by atoms with van der Waals surface area (Å²) in [5, 5.41) is 10.7. The molecule has 0 aliphatic carbocycles. The molecule has 0 bridgehead atoms. The van der Waals surface area contributed by atoms with Gasteiger partial charge in [-0.15, -0.1) is 0 Å². The fourth-order valence-corrected chi connectivity index (χ4v) is 1.35. The third kappa shape index (κ3) is 2.89. The Bertz CT molecular complexity index is 414. The zero-order valence-corrected chi connectivity index (χ0v) is 10.0. The van der Waals surface area contributed by atoms with Gasteiger partial charge in [0.25, 0.3) is 0 Å². The van der Waals surface area contributed by atoms with Crippen LogP contribution in [0.4, 0.5) is 10.1 Å². The Morgan fingerprint density at radius 2 is 2.31 bits per heavy atom. The summed E-state index contributed by atoms with van der Waals surface area (Å²) in [6.07, 6.45) is -0.417. The predicted molar refractivity (Wildman–Crippen MR) is 59.9 cm³/mol. The van der Waals surface area contributed by atoms with Crippen molar-refractivity contribution in [1.29, 1.82) is 0 Å². The zero-order chi connectivity index (χ0) is 12.3. The number of halogens is 2. The lowest BCUT2D eigenvalue weighted by atomic mass is 10.3. The van der Waals surface area contributed by atoms with Gasteiger partial charge in [-0.2, -0.15) is 0 Å². The first-order valence-corrected chi connectivity index (χ1v) is 5.25. The maximum absolute atomic E-state index is 13.2. The Morgan fingerprint density at radius 3 is 2.81 bits per heavy atom. The molecular formula is C9H10BrFN2O3. The van der Waals surface area contributed by atoms with E-state index in [2.05, 4.69) is 15.9 Å². The third-order valence-electron chi connectivity index (χ3n) is 1.86. The van der Waals surface area contributed by atoms with Crippen molar-refractivity contribution >= 4 is 21.6 Å². The Labute approximate surface area is 99.7 Å². The van der Waals surface area contributed by atoms with Crippen LogP contribution in [0.5, 0.6) is 5.75 Å². The van der Waals surface area contributed by atoms with Gasteiger partial charge in [0.2, 0.25) is 0 Å². The van der Waals surface area contributed by atoms with Gasteiger partial charge in [0.05, 0.1) is 9.40 Å². The van der Waals surface area contributed by atoms with Crippen LogP contribution in [0.15, 0.2) is 16.6 Å². The molecule has 7 heteroatoms. The molecule has 1 rings (SSSR count). The minimum absolute atomic E-state index is 0.0203. The Balaban J connectivity index is 3.14. The minimum Gasteiger partial charge on any atom is -0.482 e. The molecule has 1 aromatic carbocycles. The topological polar surface area (TPSA) is 78.4 Å². The van der Waals surface area contributed by atoms with Crippen molar-refractivity contribution in [2.75, 3.05) is 6.54 Å². The number of benzene rings is 1. The monoisotopic (exact) mass is 292 g/mol. The lowest BCUT2D eigenvalue weighted by Crippen LogP contribution is -2.23. The molecule has 0 saturated carbocycles. The van der Waals surface area contributed by atoms with E-state index in [0.717, 1.165) is 12.1 Å². The fraction of sp³-hybridized carbons (Fsp3) is 0.333. The average molecular weight is 293 g/mol. The second-order valence-electron chi connectivity index (χ2n) is 3.16. The lowest BCUT2D eigenvalue weighted by molar-refractivity contribution is -0.386. The van der Waals surface area contributed by atoms with E-state index in [1.165, 1.54) is 0 Å². The standard InChI is InChI=1S/C9H10BrFN2O3/c1-5(4-12)16-9-3-7(11)6(10)2-8(9)13(14)15/h2-3,5H,4,12H2,1H3. The molecule has 0 heterocycles. The maximum atomic E-state index is 13.2. The molecule has 88 valence electrons. The number of ether oxygens (including phenoxy) is 1. The summed E-state index contributed by atoms with van der Waals surface area (Å²) in [7, 11) is 0. The highest BCUT2D eigenvalue weighted by atomic mass is 79.9. The van der Waals surface area contributed by atoms with Crippen molar-refractivity contribution < 1.29 is 14.1 Å². The molecule has 0 aliphatic rings. The third-order valence-corrected chi connectivity index (χ3v) is 2.47. The second-order valence-corrected chi connectivity index (χ2v) is 4.01. The summed E-state index contributed by atoms with van der Waals surface area (Å²) < 4.78 is 18.4. The van der Waals surface area contributed by atoms with Crippen molar-refractivity contribution in [2.45, 2.75) is 13.0 Å². The van der Waals surface area contributed by atoms with Gasteiger partial charge in [-0.25, -0.2) is 4.39 Å². The largest absolute Gasteiger partial charge is 0.482 e. The summed E-state index contributed by atoms with van der Waals surface area (Å²) in [4.78, 5) is 10.1. The van der Waals surface area contributed by atoms with E-state index in [1.54, 1.807) is 6.92 Å². The summed E-state index contributed by atoms with van der Waals surface area (Å²) in [6, 6.07) is 2.03. The highest BCUT2D eigenvalue weighted by Crippen LogP contribution is 2.32. The van der Waals surface area contributed by atoms with Gasteiger partial charge in [-0.3, -0.25) is 10.1 Å². The fourth-order valence-electron chi connectivity index (χ4n) is 1.02. The number of nitrogens with zero attached hydrogens (tertiary/aromatic N) is 1. The molecule has 0 aromatic heterocycles. The maximum Gasteiger partial charge on any atom is 0.312 e. The SMILES string of the molecule is CC(CN)Oc1cc(F)c(Br)cc1[N+](=O)[O-]. The van der Waals surface area contributed by atoms with Gasteiger partial charge in [0.15, 0.2) is 5.75 Å². The Kier molecular flexibility index (Phi) is 4.19. The van der Waals surface area contributed by atoms with Gasteiger partial charge in [0, 0.05) is 18.7 Å². The highest BCUT2D eigenvalue weighted by molar-refractivity contribution is 9.10. The Hall–Kier alpha value is -1.21. The van der Waals surface area contributed by atoms with Crippen molar-refractivity contribution in [3.05, 3.63) is 32.5 Å². The molecule has 0 fully saturated rings. The summed E-state index contributed by atoms with van der Waals surface area (Å²) >= 11 is 2.87. The number of rotatable bonds is 4. The van der Waals surface area contributed by atoms with E-state index in [-0.39, 0.29) is 22.5 Å². The van der Waals surface area contributed by atoms with Crippen LogP contribution < -0.4 is 10.5 Å². The van der Waals surface area contributed by atoms with Crippen molar-refractivity contribution in [3.8, 4) is 5.75 Å². The van der Waals surface area contributed by atoms with Crippen LogP contribution in [-0.4, -0.2) is 17.6 Å². The number of nitro groups is 1. The van der Waals surface area contributed by atoms with Crippen LogP contribution in [0.25, 0.3) is 0 Å². The van der Waals surface area contributed by atoms with E-state index in [0.29, 0.717) is 0 Å². The molecular weight excluding hydrogens is 283 g/mol. The van der Waals surface area contributed by atoms with Gasteiger partial charge >= 0.3 is 5.69 Å². The van der Waals surface area contributed by atoms with Gasteiger partial charge in [-0.05, 0) is 22.9 Å². The van der Waals surface area contributed by atoms with Crippen LogP contribution >= 0.6 is 15.9 Å². The van der Waals surface area contributed by atoms with Crippen molar-refractivity contribution in [3.63, 3.8) is 0 Å². The van der Waals surface area contributed by atoms with Crippen molar-refractivity contribution in [2.24, 2.45) is 5.73 Å². The van der Waals surface area contributed by atoms with Gasteiger partial charge in [-0.1, -0.05) is 0 Å². The van der Waals surface area contributed by atoms with E-state index >= 15 is 0 Å². The average Bonchev–Trinajstić information content (AvgIpc) is 2.22. The smallest absolute Gasteiger partial charge is 0.312 e. The molecule has 1 unspecified atom stereocenters. The first-order valence-electron chi connectivity index (χ1n) is 4.46.